The van der Waals surface area contributed by atoms with Crippen molar-refractivity contribution in [2.24, 2.45) is 0 Å². The monoisotopic (exact) mass is 264 g/mol. The Morgan fingerprint density at radius 1 is 1.37 bits per heavy atom. The Hall–Kier alpha value is -1.75. The molecule has 2 N–H and O–H groups in total. The van der Waals surface area contributed by atoms with Crippen LogP contribution >= 0.6 is 0 Å². The molecule has 2 rings (SSSR count). The smallest absolute Gasteiger partial charge is 0.338 e. The lowest BCUT2D eigenvalue weighted by Crippen LogP contribution is -2.26. The first-order valence-corrected chi connectivity index (χ1v) is 6.43. The highest BCUT2D eigenvalue weighted by Gasteiger charge is 2.19. The summed E-state index contributed by atoms with van der Waals surface area (Å²) in [7, 11) is 3.82. The van der Waals surface area contributed by atoms with Crippen molar-refractivity contribution < 1.29 is 14.3 Å². The summed E-state index contributed by atoms with van der Waals surface area (Å²) in [4.78, 5) is 13.9. The molecular weight excluding hydrogens is 244 g/mol. The number of carbonyl (C=O) groups is 1. The number of nitrogen functional groups attached to an aromatic ring is 1. The van der Waals surface area contributed by atoms with Gasteiger partial charge in [0.25, 0.3) is 0 Å². The number of benzene rings is 1. The van der Waals surface area contributed by atoms with Crippen molar-refractivity contribution in [2.75, 3.05) is 37.9 Å². The van der Waals surface area contributed by atoms with E-state index >= 15 is 0 Å². The summed E-state index contributed by atoms with van der Waals surface area (Å²) in [5, 5.41) is 0. The van der Waals surface area contributed by atoms with Gasteiger partial charge in [-0.15, -0.1) is 0 Å². The van der Waals surface area contributed by atoms with Crippen LogP contribution in [-0.4, -0.2) is 39.4 Å². The zero-order valence-corrected chi connectivity index (χ0v) is 11.4. The number of hydrogen-bond acceptors (Lipinski definition) is 5. The Bertz CT molecular complexity index is 454. The molecular formula is C14H20N2O3. The first-order valence-electron chi connectivity index (χ1n) is 6.43. The summed E-state index contributed by atoms with van der Waals surface area (Å²) < 4.78 is 10.7. The van der Waals surface area contributed by atoms with Gasteiger partial charge in [0.05, 0.1) is 30.2 Å². The first kappa shape index (κ1) is 13.7. The number of hydrogen-bond donors (Lipinski definition) is 1. The summed E-state index contributed by atoms with van der Waals surface area (Å²) in [5.41, 5.74) is 7.89. The third kappa shape index (κ3) is 3.38. The van der Waals surface area contributed by atoms with Crippen LogP contribution in [0.15, 0.2) is 18.2 Å². The molecule has 1 fully saturated rings. The van der Waals surface area contributed by atoms with Gasteiger partial charge in [-0.05, 0) is 18.2 Å². The SMILES string of the molecule is CN(C)c1ccc(C(=O)OC2CCOCC2)cc1N. The number of nitrogens with two attached hydrogens (primary N) is 1. The molecule has 5 nitrogen and oxygen atoms in total. The zero-order valence-electron chi connectivity index (χ0n) is 11.4. The van der Waals surface area contributed by atoms with Crippen molar-refractivity contribution in [3.63, 3.8) is 0 Å². The lowest BCUT2D eigenvalue weighted by Gasteiger charge is -2.22. The van der Waals surface area contributed by atoms with E-state index in [1.807, 2.05) is 25.1 Å². The van der Waals surface area contributed by atoms with Crippen LogP contribution in [0.4, 0.5) is 11.4 Å². The Morgan fingerprint density at radius 2 is 2.05 bits per heavy atom. The van der Waals surface area contributed by atoms with Crippen LogP contribution in [-0.2, 0) is 9.47 Å². The predicted octanol–water partition coefficient (Wildman–Crippen LogP) is 1.67. The van der Waals surface area contributed by atoms with Gasteiger partial charge in [0.1, 0.15) is 6.10 Å². The van der Waals surface area contributed by atoms with Crippen LogP contribution in [0.3, 0.4) is 0 Å². The molecule has 1 aliphatic rings. The van der Waals surface area contributed by atoms with E-state index in [2.05, 4.69) is 0 Å². The molecule has 0 bridgehead atoms. The molecule has 0 atom stereocenters. The number of nitrogens with zero attached hydrogens (tertiary/aromatic N) is 1. The molecule has 0 aliphatic carbocycles. The van der Waals surface area contributed by atoms with Crippen molar-refractivity contribution in [3.8, 4) is 0 Å². The van der Waals surface area contributed by atoms with Crippen LogP contribution in [0.2, 0.25) is 0 Å². The molecule has 0 radical (unpaired) electrons. The van der Waals surface area contributed by atoms with E-state index in [1.54, 1.807) is 12.1 Å². The molecule has 0 amide bonds. The minimum Gasteiger partial charge on any atom is -0.459 e. The van der Waals surface area contributed by atoms with Crippen molar-refractivity contribution >= 4 is 17.3 Å². The maximum atomic E-state index is 12.0. The van der Waals surface area contributed by atoms with Gasteiger partial charge < -0.3 is 20.1 Å². The van der Waals surface area contributed by atoms with Crippen molar-refractivity contribution in [1.29, 1.82) is 0 Å². The predicted molar refractivity (Wildman–Crippen MR) is 74.4 cm³/mol. The van der Waals surface area contributed by atoms with Crippen LogP contribution in [0.25, 0.3) is 0 Å². The lowest BCUT2D eigenvalue weighted by molar-refractivity contribution is -0.0159. The Labute approximate surface area is 113 Å². The van der Waals surface area contributed by atoms with Crippen molar-refractivity contribution in [2.45, 2.75) is 18.9 Å². The summed E-state index contributed by atoms with van der Waals surface area (Å²) in [5.74, 6) is -0.316. The van der Waals surface area contributed by atoms with E-state index in [0.29, 0.717) is 24.5 Å². The van der Waals surface area contributed by atoms with Crippen LogP contribution in [0, 0.1) is 0 Å². The van der Waals surface area contributed by atoms with Gasteiger partial charge in [-0.1, -0.05) is 0 Å². The minimum absolute atomic E-state index is 0.0454. The fraction of sp³-hybridized carbons (Fsp3) is 0.500. The summed E-state index contributed by atoms with van der Waals surface area (Å²) in [6, 6.07) is 5.24. The second-order valence-electron chi connectivity index (χ2n) is 4.89. The fourth-order valence-electron chi connectivity index (χ4n) is 2.10. The maximum Gasteiger partial charge on any atom is 0.338 e. The molecule has 1 heterocycles. The lowest BCUT2D eigenvalue weighted by atomic mass is 10.1. The van der Waals surface area contributed by atoms with E-state index in [1.165, 1.54) is 0 Å². The van der Waals surface area contributed by atoms with Gasteiger partial charge in [0.15, 0.2) is 0 Å². The number of rotatable bonds is 3. The fourth-order valence-corrected chi connectivity index (χ4v) is 2.10. The summed E-state index contributed by atoms with van der Waals surface area (Å²) in [6.07, 6.45) is 1.48. The first-order chi connectivity index (χ1) is 9.08. The molecule has 1 saturated heterocycles. The third-order valence-electron chi connectivity index (χ3n) is 3.19. The van der Waals surface area contributed by atoms with Gasteiger partial charge in [-0.25, -0.2) is 4.79 Å². The van der Waals surface area contributed by atoms with Gasteiger partial charge >= 0.3 is 5.97 Å². The standard InChI is InChI=1S/C14H20N2O3/c1-16(2)13-4-3-10(9-12(13)15)14(17)19-11-5-7-18-8-6-11/h3-4,9,11H,5-8,15H2,1-2H3. The Kier molecular flexibility index (Phi) is 4.27. The molecule has 104 valence electrons. The van der Waals surface area contributed by atoms with E-state index in [9.17, 15) is 4.79 Å². The van der Waals surface area contributed by atoms with Gasteiger partial charge in [-0.2, -0.15) is 0 Å². The number of anilines is 2. The van der Waals surface area contributed by atoms with E-state index in [-0.39, 0.29) is 12.1 Å². The van der Waals surface area contributed by atoms with Crippen LogP contribution < -0.4 is 10.6 Å². The van der Waals surface area contributed by atoms with E-state index < -0.39 is 0 Å². The highest BCUT2D eigenvalue weighted by atomic mass is 16.6. The van der Waals surface area contributed by atoms with Crippen LogP contribution in [0.5, 0.6) is 0 Å². The Balaban J connectivity index is 2.04. The van der Waals surface area contributed by atoms with Gasteiger partial charge in [0.2, 0.25) is 0 Å². The highest BCUT2D eigenvalue weighted by molar-refractivity contribution is 5.92. The topological polar surface area (TPSA) is 64.8 Å². The quantitative estimate of drug-likeness (QED) is 0.664. The zero-order chi connectivity index (χ0) is 13.8. The van der Waals surface area contributed by atoms with E-state index in [4.69, 9.17) is 15.2 Å². The third-order valence-corrected chi connectivity index (χ3v) is 3.19. The Morgan fingerprint density at radius 3 is 2.63 bits per heavy atom. The second-order valence-corrected chi connectivity index (χ2v) is 4.89. The van der Waals surface area contributed by atoms with Gasteiger partial charge in [-0.3, -0.25) is 0 Å². The number of carbonyl (C=O) groups excluding carboxylic acids is 1. The summed E-state index contributed by atoms with van der Waals surface area (Å²) in [6.45, 7) is 1.30. The number of ether oxygens (including phenoxy) is 2. The molecule has 0 aromatic heterocycles. The van der Waals surface area contributed by atoms with E-state index in [0.717, 1.165) is 18.5 Å². The van der Waals surface area contributed by atoms with Gasteiger partial charge in [0, 0.05) is 26.9 Å². The molecule has 1 aliphatic heterocycles. The molecule has 5 heteroatoms. The number of esters is 1. The maximum absolute atomic E-state index is 12.0. The summed E-state index contributed by atoms with van der Waals surface area (Å²) >= 11 is 0. The van der Waals surface area contributed by atoms with Crippen LogP contribution in [0.1, 0.15) is 23.2 Å². The molecule has 0 spiro atoms. The average Bonchev–Trinajstić information content (AvgIpc) is 2.39. The van der Waals surface area contributed by atoms with Crippen molar-refractivity contribution in [3.05, 3.63) is 23.8 Å². The normalized spacial score (nSPS) is 16.1. The highest BCUT2D eigenvalue weighted by Crippen LogP contribution is 2.23. The molecule has 0 saturated carbocycles. The second kappa shape index (κ2) is 5.93. The van der Waals surface area contributed by atoms with Crippen molar-refractivity contribution in [1.82, 2.24) is 0 Å². The molecule has 19 heavy (non-hydrogen) atoms. The average molecular weight is 264 g/mol. The minimum atomic E-state index is -0.316. The largest absolute Gasteiger partial charge is 0.459 e. The molecule has 1 aromatic rings. The molecule has 0 unspecified atom stereocenters. The molecule has 1 aromatic carbocycles.